The molecule has 1 heterocycles. The van der Waals surface area contributed by atoms with E-state index < -0.39 is 0 Å². The average molecular weight is 276 g/mol. The summed E-state index contributed by atoms with van der Waals surface area (Å²) < 4.78 is 0. The zero-order valence-corrected chi connectivity index (χ0v) is 11.7. The summed E-state index contributed by atoms with van der Waals surface area (Å²) in [6.07, 6.45) is 0. The molecule has 19 heavy (non-hydrogen) atoms. The van der Waals surface area contributed by atoms with Crippen molar-refractivity contribution in [1.82, 2.24) is 10.3 Å². The van der Waals surface area contributed by atoms with E-state index in [9.17, 15) is 4.79 Å². The molecule has 0 unspecified atom stereocenters. The van der Waals surface area contributed by atoms with Crippen molar-refractivity contribution in [3.63, 3.8) is 0 Å². The standard InChI is InChI=1S/C13H16N4OS/c1-17(2)13-16-11(14)10(19-13)12(18)15-8-9-6-4-3-5-7-9/h3-7H,8,14H2,1-2H3,(H,15,18). The lowest BCUT2D eigenvalue weighted by Gasteiger charge is -2.05. The number of hydrogen-bond acceptors (Lipinski definition) is 5. The van der Waals surface area contributed by atoms with Crippen molar-refractivity contribution >= 4 is 28.2 Å². The Morgan fingerprint density at radius 3 is 2.63 bits per heavy atom. The molecule has 0 bridgehead atoms. The van der Waals surface area contributed by atoms with Crippen LogP contribution in [-0.2, 0) is 6.54 Å². The quantitative estimate of drug-likeness (QED) is 0.892. The highest BCUT2D eigenvalue weighted by Gasteiger charge is 2.16. The van der Waals surface area contributed by atoms with E-state index in [1.807, 2.05) is 49.3 Å². The number of thiazole rings is 1. The largest absolute Gasteiger partial charge is 0.382 e. The van der Waals surface area contributed by atoms with Gasteiger partial charge in [0.05, 0.1) is 0 Å². The molecular formula is C13H16N4OS. The van der Waals surface area contributed by atoms with Gasteiger partial charge in [-0.3, -0.25) is 4.79 Å². The number of anilines is 2. The van der Waals surface area contributed by atoms with Crippen LogP contribution >= 0.6 is 11.3 Å². The minimum atomic E-state index is -0.188. The number of nitrogens with zero attached hydrogens (tertiary/aromatic N) is 2. The number of amides is 1. The molecule has 0 aliphatic heterocycles. The topological polar surface area (TPSA) is 71.2 Å². The molecule has 0 spiro atoms. The molecule has 2 aromatic rings. The summed E-state index contributed by atoms with van der Waals surface area (Å²) in [7, 11) is 3.73. The lowest BCUT2D eigenvalue weighted by Crippen LogP contribution is -2.22. The van der Waals surface area contributed by atoms with Gasteiger partial charge in [0.25, 0.3) is 5.91 Å². The van der Waals surface area contributed by atoms with Crippen molar-refractivity contribution in [2.45, 2.75) is 6.54 Å². The molecule has 0 aliphatic carbocycles. The van der Waals surface area contributed by atoms with Crippen molar-refractivity contribution < 1.29 is 4.79 Å². The molecule has 3 N–H and O–H groups in total. The predicted molar refractivity (Wildman–Crippen MR) is 78.5 cm³/mol. The summed E-state index contributed by atoms with van der Waals surface area (Å²) in [5, 5.41) is 3.57. The molecular weight excluding hydrogens is 260 g/mol. The summed E-state index contributed by atoms with van der Waals surface area (Å²) >= 11 is 1.29. The summed E-state index contributed by atoms with van der Waals surface area (Å²) in [6.45, 7) is 0.480. The molecule has 1 aromatic carbocycles. The van der Waals surface area contributed by atoms with Crippen LogP contribution < -0.4 is 16.0 Å². The maximum absolute atomic E-state index is 12.0. The highest BCUT2D eigenvalue weighted by atomic mass is 32.1. The van der Waals surface area contributed by atoms with Crippen molar-refractivity contribution in [1.29, 1.82) is 0 Å². The van der Waals surface area contributed by atoms with Gasteiger partial charge < -0.3 is 16.0 Å². The van der Waals surface area contributed by atoms with Crippen molar-refractivity contribution in [3.05, 3.63) is 40.8 Å². The second kappa shape index (κ2) is 5.71. The molecule has 0 aliphatic rings. The van der Waals surface area contributed by atoms with E-state index in [0.29, 0.717) is 11.4 Å². The average Bonchev–Trinajstić information content (AvgIpc) is 2.80. The first-order valence-corrected chi connectivity index (χ1v) is 6.65. The molecule has 1 amide bonds. The first-order chi connectivity index (χ1) is 9.08. The summed E-state index contributed by atoms with van der Waals surface area (Å²) in [6, 6.07) is 9.73. The molecule has 0 saturated heterocycles. The predicted octanol–water partition coefficient (Wildman–Crippen LogP) is 1.72. The monoisotopic (exact) mass is 276 g/mol. The smallest absolute Gasteiger partial charge is 0.265 e. The first-order valence-electron chi connectivity index (χ1n) is 5.83. The fourth-order valence-electron chi connectivity index (χ4n) is 1.53. The third-order valence-corrected chi connectivity index (χ3v) is 3.76. The van der Waals surface area contributed by atoms with Crippen LogP contribution in [0.25, 0.3) is 0 Å². The third-order valence-electron chi connectivity index (χ3n) is 2.53. The number of carbonyl (C=O) groups is 1. The van der Waals surface area contributed by atoms with Gasteiger partial charge in [-0.1, -0.05) is 41.7 Å². The minimum absolute atomic E-state index is 0.188. The fraction of sp³-hybridized carbons (Fsp3) is 0.231. The van der Waals surface area contributed by atoms with Gasteiger partial charge in [0.15, 0.2) is 5.13 Å². The van der Waals surface area contributed by atoms with Crippen LogP contribution in [0.4, 0.5) is 10.9 Å². The summed E-state index contributed by atoms with van der Waals surface area (Å²) in [4.78, 5) is 18.5. The number of rotatable bonds is 4. The van der Waals surface area contributed by atoms with E-state index >= 15 is 0 Å². The molecule has 0 fully saturated rings. The Labute approximate surface area is 116 Å². The normalized spacial score (nSPS) is 10.2. The molecule has 100 valence electrons. The number of nitrogens with one attached hydrogen (secondary N) is 1. The van der Waals surface area contributed by atoms with Gasteiger partial charge in [-0.15, -0.1) is 0 Å². The number of nitrogens with two attached hydrogens (primary N) is 1. The molecule has 5 nitrogen and oxygen atoms in total. The molecule has 0 atom stereocenters. The van der Waals surface area contributed by atoms with Gasteiger partial charge in [-0.05, 0) is 5.56 Å². The van der Waals surface area contributed by atoms with E-state index in [1.54, 1.807) is 0 Å². The Balaban J connectivity index is 2.04. The van der Waals surface area contributed by atoms with Crippen LogP contribution in [-0.4, -0.2) is 25.0 Å². The van der Waals surface area contributed by atoms with Gasteiger partial charge in [0.1, 0.15) is 10.7 Å². The van der Waals surface area contributed by atoms with Gasteiger partial charge in [-0.2, -0.15) is 0 Å². The summed E-state index contributed by atoms with van der Waals surface area (Å²) in [5.74, 6) is 0.0891. The first kappa shape index (κ1) is 13.4. The lowest BCUT2D eigenvalue weighted by atomic mass is 10.2. The number of benzene rings is 1. The van der Waals surface area contributed by atoms with Crippen LogP contribution in [0.5, 0.6) is 0 Å². The van der Waals surface area contributed by atoms with E-state index in [4.69, 9.17) is 5.73 Å². The molecule has 1 aromatic heterocycles. The number of nitrogen functional groups attached to an aromatic ring is 1. The van der Waals surface area contributed by atoms with Gasteiger partial charge in [-0.25, -0.2) is 4.98 Å². The highest BCUT2D eigenvalue weighted by Crippen LogP contribution is 2.26. The highest BCUT2D eigenvalue weighted by molar-refractivity contribution is 7.18. The van der Waals surface area contributed by atoms with Gasteiger partial charge in [0, 0.05) is 20.6 Å². The van der Waals surface area contributed by atoms with Crippen LogP contribution in [0.15, 0.2) is 30.3 Å². The molecule has 0 saturated carbocycles. The zero-order valence-electron chi connectivity index (χ0n) is 10.9. The summed E-state index contributed by atoms with van der Waals surface area (Å²) in [5.41, 5.74) is 6.81. The minimum Gasteiger partial charge on any atom is -0.382 e. The van der Waals surface area contributed by atoms with E-state index in [1.165, 1.54) is 11.3 Å². The number of carbonyl (C=O) groups excluding carboxylic acids is 1. The maximum atomic E-state index is 12.0. The van der Waals surface area contributed by atoms with E-state index in [2.05, 4.69) is 10.3 Å². The van der Waals surface area contributed by atoms with Crippen molar-refractivity contribution in [2.75, 3.05) is 24.7 Å². The molecule has 2 rings (SSSR count). The van der Waals surface area contributed by atoms with Crippen LogP contribution in [0.1, 0.15) is 15.2 Å². The van der Waals surface area contributed by atoms with Crippen LogP contribution in [0.3, 0.4) is 0 Å². The Morgan fingerprint density at radius 1 is 1.37 bits per heavy atom. The third kappa shape index (κ3) is 3.23. The van der Waals surface area contributed by atoms with Crippen LogP contribution in [0.2, 0.25) is 0 Å². The Kier molecular flexibility index (Phi) is 4.01. The van der Waals surface area contributed by atoms with Crippen molar-refractivity contribution in [2.24, 2.45) is 0 Å². The fourth-order valence-corrected chi connectivity index (χ4v) is 2.36. The zero-order chi connectivity index (χ0) is 13.8. The van der Waals surface area contributed by atoms with Gasteiger partial charge >= 0.3 is 0 Å². The molecule has 0 radical (unpaired) electrons. The second-order valence-electron chi connectivity index (χ2n) is 4.27. The van der Waals surface area contributed by atoms with Crippen molar-refractivity contribution in [3.8, 4) is 0 Å². The van der Waals surface area contributed by atoms with Gasteiger partial charge in [0.2, 0.25) is 0 Å². The second-order valence-corrected chi connectivity index (χ2v) is 5.25. The Bertz CT molecular complexity index is 565. The SMILES string of the molecule is CN(C)c1nc(N)c(C(=O)NCc2ccccc2)s1. The Hall–Kier alpha value is -2.08. The molecule has 6 heteroatoms. The van der Waals surface area contributed by atoms with E-state index in [0.717, 1.165) is 10.7 Å². The lowest BCUT2D eigenvalue weighted by molar-refractivity contribution is 0.0955. The van der Waals surface area contributed by atoms with E-state index in [-0.39, 0.29) is 11.7 Å². The number of hydrogen-bond donors (Lipinski definition) is 2. The maximum Gasteiger partial charge on any atom is 0.265 e. The Morgan fingerprint density at radius 2 is 2.05 bits per heavy atom. The van der Waals surface area contributed by atoms with Crippen LogP contribution in [0, 0.1) is 0 Å². The number of aromatic nitrogens is 1.